The number of pyridine rings is 1. The van der Waals surface area contributed by atoms with Crippen LogP contribution in [0.5, 0.6) is 0 Å². The van der Waals surface area contributed by atoms with Gasteiger partial charge in [-0.2, -0.15) is 0 Å². The predicted octanol–water partition coefficient (Wildman–Crippen LogP) is 5.12. The maximum Gasteiger partial charge on any atom is 0.0827 e. The maximum absolute atomic E-state index is 9.50. The number of aromatic nitrogens is 1. The Morgan fingerprint density at radius 3 is 2.46 bits per heavy atom. The minimum Gasteiger partial charge on any atom is -0.394 e. The second-order valence-electron chi connectivity index (χ2n) is 6.43. The monoisotopic (exact) mass is 401 g/mol. The van der Waals surface area contributed by atoms with E-state index < -0.39 is 0 Å². The molecule has 3 aromatic rings. The molecule has 0 aliphatic rings. The standard InChI is InChI=1S/C21H22ClN3O.CH3F/c1-13(2)10-25-21-17-9-16(7-8-20(17)24-11-18(21)22)14-3-5-15(6-4-14)19(23)12-26;1-2/h3-9,11,19,26H,1,10,12,23H2,2H3,(H,24,25);1H3. The van der Waals surface area contributed by atoms with Crippen molar-refractivity contribution in [2.24, 2.45) is 5.73 Å². The van der Waals surface area contributed by atoms with Gasteiger partial charge in [-0.25, -0.2) is 0 Å². The smallest absolute Gasteiger partial charge is 0.0827 e. The summed E-state index contributed by atoms with van der Waals surface area (Å²) < 4.78 is 9.50. The number of nitrogens with two attached hydrogens (primary N) is 1. The van der Waals surface area contributed by atoms with E-state index in [1.807, 2.05) is 43.3 Å². The van der Waals surface area contributed by atoms with Crippen LogP contribution in [-0.4, -0.2) is 30.4 Å². The number of anilines is 1. The van der Waals surface area contributed by atoms with Crippen molar-refractivity contribution in [1.29, 1.82) is 0 Å². The van der Waals surface area contributed by atoms with Crippen molar-refractivity contribution >= 4 is 28.2 Å². The first kappa shape index (κ1) is 21.8. The third kappa shape index (κ3) is 5.07. The van der Waals surface area contributed by atoms with Gasteiger partial charge in [0.25, 0.3) is 0 Å². The second kappa shape index (κ2) is 10.2. The first-order valence-electron chi connectivity index (χ1n) is 8.80. The van der Waals surface area contributed by atoms with Gasteiger partial charge in [-0.05, 0) is 35.7 Å². The van der Waals surface area contributed by atoms with Crippen LogP contribution in [0.15, 0.2) is 60.8 Å². The molecule has 0 bridgehead atoms. The minimum absolute atomic E-state index is 0.0722. The van der Waals surface area contributed by atoms with Gasteiger partial charge in [0.1, 0.15) is 0 Å². The van der Waals surface area contributed by atoms with E-state index in [0.29, 0.717) is 18.7 Å². The summed E-state index contributed by atoms with van der Waals surface area (Å²) in [4.78, 5) is 4.41. The van der Waals surface area contributed by atoms with Crippen LogP contribution in [0.3, 0.4) is 0 Å². The lowest BCUT2D eigenvalue weighted by molar-refractivity contribution is 0.268. The van der Waals surface area contributed by atoms with Gasteiger partial charge in [-0.1, -0.05) is 54.1 Å². The van der Waals surface area contributed by atoms with E-state index in [1.165, 1.54) is 0 Å². The lowest BCUT2D eigenvalue weighted by Crippen LogP contribution is -2.14. The topological polar surface area (TPSA) is 71.2 Å². The third-order valence-electron chi connectivity index (χ3n) is 4.26. The van der Waals surface area contributed by atoms with Crippen molar-refractivity contribution in [3.63, 3.8) is 0 Å². The quantitative estimate of drug-likeness (QED) is 0.501. The van der Waals surface area contributed by atoms with Crippen LogP contribution in [0.4, 0.5) is 10.1 Å². The lowest BCUT2D eigenvalue weighted by Gasteiger charge is -2.13. The van der Waals surface area contributed by atoms with Crippen LogP contribution in [0.25, 0.3) is 22.0 Å². The molecule has 1 unspecified atom stereocenters. The average Bonchev–Trinajstić information content (AvgIpc) is 2.73. The van der Waals surface area contributed by atoms with Crippen molar-refractivity contribution in [2.75, 3.05) is 25.6 Å². The van der Waals surface area contributed by atoms with Gasteiger partial charge in [0, 0.05) is 18.1 Å². The van der Waals surface area contributed by atoms with E-state index in [0.717, 1.165) is 38.9 Å². The summed E-state index contributed by atoms with van der Waals surface area (Å²) in [7, 11) is 0.500. The number of hydrogen-bond donors (Lipinski definition) is 3. The number of rotatable bonds is 6. The molecule has 2 aromatic carbocycles. The lowest BCUT2D eigenvalue weighted by atomic mass is 9.99. The first-order valence-corrected chi connectivity index (χ1v) is 9.18. The molecular weight excluding hydrogens is 377 g/mol. The average molecular weight is 402 g/mol. The number of nitrogens with zero attached hydrogens (tertiary/aromatic N) is 1. The van der Waals surface area contributed by atoms with Crippen molar-refractivity contribution < 1.29 is 9.50 Å². The molecule has 0 saturated heterocycles. The summed E-state index contributed by atoms with van der Waals surface area (Å²) in [5, 5.41) is 14.1. The molecule has 1 heterocycles. The highest BCUT2D eigenvalue weighted by Crippen LogP contribution is 2.33. The van der Waals surface area contributed by atoms with Crippen molar-refractivity contribution in [2.45, 2.75) is 13.0 Å². The molecule has 0 saturated carbocycles. The molecule has 1 atom stereocenters. The van der Waals surface area contributed by atoms with Crippen molar-refractivity contribution in [3.05, 3.63) is 71.4 Å². The molecular formula is C22H25ClFN3O. The molecule has 0 fully saturated rings. The SMILES string of the molecule is C=C(C)CNc1c(Cl)cnc2ccc(-c3ccc(C(N)CO)cc3)cc12.CF. The van der Waals surface area contributed by atoms with E-state index in [4.69, 9.17) is 17.3 Å². The van der Waals surface area contributed by atoms with Crippen molar-refractivity contribution in [3.8, 4) is 11.1 Å². The summed E-state index contributed by atoms with van der Waals surface area (Å²) in [6.45, 7) is 6.47. The Balaban J connectivity index is 0.00000136. The summed E-state index contributed by atoms with van der Waals surface area (Å²) in [6.07, 6.45) is 1.66. The fourth-order valence-corrected chi connectivity index (χ4v) is 3.01. The number of aliphatic hydroxyl groups is 1. The van der Waals surface area contributed by atoms with Gasteiger partial charge in [0.15, 0.2) is 0 Å². The third-order valence-corrected chi connectivity index (χ3v) is 4.54. The highest BCUT2D eigenvalue weighted by molar-refractivity contribution is 6.34. The van der Waals surface area contributed by atoms with Crippen LogP contribution in [0.1, 0.15) is 18.5 Å². The van der Waals surface area contributed by atoms with E-state index in [2.05, 4.69) is 22.9 Å². The Hall–Kier alpha value is -2.47. The molecule has 4 N–H and O–H groups in total. The second-order valence-corrected chi connectivity index (χ2v) is 6.84. The van der Waals surface area contributed by atoms with Gasteiger partial charge < -0.3 is 16.2 Å². The summed E-state index contributed by atoms with van der Waals surface area (Å²) in [6, 6.07) is 13.6. The molecule has 3 rings (SSSR count). The molecule has 1 aromatic heterocycles. The van der Waals surface area contributed by atoms with Gasteiger partial charge in [-0.15, -0.1) is 0 Å². The molecule has 28 heavy (non-hydrogen) atoms. The van der Waals surface area contributed by atoms with Gasteiger partial charge in [-0.3, -0.25) is 9.37 Å². The zero-order valence-electron chi connectivity index (χ0n) is 16.0. The number of alkyl halides is 1. The molecule has 148 valence electrons. The summed E-state index contributed by atoms with van der Waals surface area (Å²) in [5.74, 6) is 0. The van der Waals surface area contributed by atoms with Gasteiger partial charge >= 0.3 is 0 Å². The Morgan fingerprint density at radius 2 is 1.86 bits per heavy atom. The minimum atomic E-state index is -0.360. The number of aliphatic hydroxyl groups excluding tert-OH is 1. The number of fused-ring (bicyclic) bond motifs is 1. The predicted molar refractivity (Wildman–Crippen MR) is 117 cm³/mol. The zero-order chi connectivity index (χ0) is 20.7. The van der Waals surface area contributed by atoms with Crippen LogP contribution in [0.2, 0.25) is 5.02 Å². The Morgan fingerprint density at radius 1 is 1.21 bits per heavy atom. The number of benzene rings is 2. The molecule has 6 heteroatoms. The van der Waals surface area contributed by atoms with E-state index >= 15 is 0 Å². The van der Waals surface area contributed by atoms with Gasteiger partial charge in [0.2, 0.25) is 0 Å². The first-order chi connectivity index (χ1) is 13.5. The molecule has 0 amide bonds. The fourth-order valence-electron chi connectivity index (χ4n) is 2.79. The highest BCUT2D eigenvalue weighted by atomic mass is 35.5. The Labute approximate surface area is 169 Å². The van der Waals surface area contributed by atoms with E-state index in [9.17, 15) is 9.50 Å². The Kier molecular flexibility index (Phi) is 7.93. The number of halogens is 2. The number of nitrogens with one attached hydrogen (secondary N) is 1. The molecule has 4 nitrogen and oxygen atoms in total. The van der Waals surface area contributed by atoms with Crippen molar-refractivity contribution in [1.82, 2.24) is 4.98 Å². The molecule has 0 aliphatic carbocycles. The highest BCUT2D eigenvalue weighted by Gasteiger charge is 2.10. The molecule has 0 aliphatic heterocycles. The van der Waals surface area contributed by atoms with Crippen LogP contribution in [0, 0.1) is 0 Å². The van der Waals surface area contributed by atoms with Crippen LogP contribution in [-0.2, 0) is 0 Å². The van der Waals surface area contributed by atoms with Gasteiger partial charge in [0.05, 0.1) is 36.1 Å². The molecule has 0 radical (unpaired) electrons. The van der Waals surface area contributed by atoms with Crippen LogP contribution < -0.4 is 11.1 Å². The maximum atomic E-state index is 9.50. The zero-order valence-corrected chi connectivity index (χ0v) is 16.8. The number of hydrogen-bond acceptors (Lipinski definition) is 4. The van der Waals surface area contributed by atoms with Crippen LogP contribution >= 0.6 is 11.6 Å². The largest absolute Gasteiger partial charge is 0.394 e. The normalized spacial score (nSPS) is 11.5. The van der Waals surface area contributed by atoms with E-state index in [-0.39, 0.29) is 12.6 Å². The summed E-state index contributed by atoms with van der Waals surface area (Å²) in [5.41, 5.74) is 11.7. The Bertz CT molecular complexity index is 944. The molecule has 0 spiro atoms. The summed E-state index contributed by atoms with van der Waals surface area (Å²) >= 11 is 6.36. The fraction of sp³-hybridized carbons (Fsp3) is 0.227. The van der Waals surface area contributed by atoms with E-state index in [1.54, 1.807) is 6.20 Å².